The summed E-state index contributed by atoms with van der Waals surface area (Å²) in [5.74, 6) is -0.384. The molecule has 3 N–H and O–H groups in total. The third kappa shape index (κ3) is 3.72. The largest absolute Gasteiger partial charge is 0.444 e. The quantitative estimate of drug-likeness (QED) is 0.858. The van der Waals surface area contributed by atoms with Gasteiger partial charge in [-0.05, 0) is 33.3 Å². The molecule has 24 heavy (non-hydrogen) atoms. The fraction of sp³-hybridized carbons (Fsp3) is 0.588. The predicted molar refractivity (Wildman–Crippen MR) is 93.7 cm³/mol. The number of rotatable bonds is 4. The minimum atomic E-state index is -3.40. The topological polar surface area (TPSA) is 98.5 Å². The van der Waals surface area contributed by atoms with E-state index in [0.29, 0.717) is 0 Å². The van der Waals surface area contributed by atoms with Crippen molar-refractivity contribution in [2.75, 3.05) is 12.8 Å². The van der Waals surface area contributed by atoms with Crippen molar-refractivity contribution < 1.29 is 17.9 Å². The lowest BCUT2D eigenvalue weighted by Gasteiger charge is -2.24. The Kier molecular flexibility index (Phi) is 4.71. The molecule has 1 fully saturated rings. The van der Waals surface area contributed by atoms with Crippen LogP contribution >= 0.6 is 0 Å². The lowest BCUT2D eigenvalue weighted by Crippen LogP contribution is -2.48. The van der Waals surface area contributed by atoms with Crippen LogP contribution in [0.4, 0.5) is 4.79 Å². The first-order valence-corrected chi connectivity index (χ1v) is 9.83. The van der Waals surface area contributed by atoms with Crippen molar-refractivity contribution >= 4 is 15.9 Å². The van der Waals surface area contributed by atoms with Gasteiger partial charge < -0.3 is 15.8 Å². The average Bonchev–Trinajstić information content (AvgIpc) is 3.06. The van der Waals surface area contributed by atoms with Crippen LogP contribution in [0.15, 0.2) is 24.3 Å². The molecule has 0 saturated heterocycles. The number of hydrogen-bond donors (Lipinski definition) is 2. The Balaban J connectivity index is 2.34. The third-order valence-electron chi connectivity index (χ3n) is 4.23. The second-order valence-electron chi connectivity index (χ2n) is 7.51. The first-order chi connectivity index (χ1) is 10.9. The molecule has 2 rings (SSSR count). The third-order valence-corrected chi connectivity index (χ3v) is 5.84. The monoisotopic (exact) mass is 354 g/mol. The molecule has 0 radical (unpaired) electrons. The maximum absolute atomic E-state index is 12.2. The minimum Gasteiger partial charge on any atom is -0.444 e. The van der Waals surface area contributed by atoms with Gasteiger partial charge in [-0.2, -0.15) is 0 Å². The molecule has 0 heterocycles. The van der Waals surface area contributed by atoms with Gasteiger partial charge >= 0.3 is 6.09 Å². The molecule has 1 aliphatic carbocycles. The smallest absolute Gasteiger partial charge is 0.408 e. The van der Waals surface area contributed by atoms with Crippen LogP contribution in [0.25, 0.3) is 0 Å². The molecule has 0 bridgehead atoms. The molecule has 1 aliphatic rings. The van der Waals surface area contributed by atoms with Crippen LogP contribution in [-0.2, 0) is 14.6 Å². The molecule has 1 saturated carbocycles. The molecule has 0 aromatic heterocycles. The van der Waals surface area contributed by atoms with Gasteiger partial charge in [0, 0.05) is 18.7 Å². The summed E-state index contributed by atoms with van der Waals surface area (Å²) in [5.41, 5.74) is 6.10. The number of carbonyl (C=O) groups excluding carboxylic acids is 1. The van der Waals surface area contributed by atoms with Gasteiger partial charge in [-0.15, -0.1) is 0 Å². The van der Waals surface area contributed by atoms with E-state index in [2.05, 4.69) is 5.32 Å². The number of carbonyl (C=O) groups is 1. The fourth-order valence-electron chi connectivity index (χ4n) is 3.22. The van der Waals surface area contributed by atoms with E-state index in [1.165, 1.54) is 6.26 Å². The van der Waals surface area contributed by atoms with Crippen molar-refractivity contribution in [2.45, 2.75) is 50.0 Å². The van der Waals surface area contributed by atoms with E-state index in [-0.39, 0.29) is 12.5 Å². The average molecular weight is 354 g/mol. The number of nitrogens with one attached hydrogen (secondary N) is 1. The van der Waals surface area contributed by atoms with Crippen molar-refractivity contribution in [3.8, 4) is 0 Å². The highest BCUT2D eigenvalue weighted by molar-refractivity contribution is 7.91. The second kappa shape index (κ2) is 6.04. The van der Waals surface area contributed by atoms with E-state index in [1.807, 2.05) is 31.2 Å². The summed E-state index contributed by atoms with van der Waals surface area (Å²) in [6.07, 6.45) is 0.517. The molecule has 7 heteroatoms. The van der Waals surface area contributed by atoms with Crippen LogP contribution < -0.4 is 11.1 Å². The van der Waals surface area contributed by atoms with Gasteiger partial charge in [-0.25, -0.2) is 13.2 Å². The van der Waals surface area contributed by atoms with Crippen molar-refractivity contribution in [1.82, 2.24) is 5.32 Å². The first-order valence-electron chi connectivity index (χ1n) is 7.87. The van der Waals surface area contributed by atoms with Crippen LogP contribution in [0.5, 0.6) is 0 Å². The molecule has 6 nitrogen and oxygen atoms in total. The van der Waals surface area contributed by atoms with Crippen molar-refractivity contribution in [3.63, 3.8) is 0 Å². The van der Waals surface area contributed by atoms with Gasteiger partial charge in [0.25, 0.3) is 0 Å². The van der Waals surface area contributed by atoms with Gasteiger partial charge in [0.2, 0.25) is 0 Å². The molecule has 0 aliphatic heterocycles. The van der Waals surface area contributed by atoms with Crippen molar-refractivity contribution in [1.29, 1.82) is 0 Å². The Morgan fingerprint density at radius 1 is 1.29 bits per heavy atom. The first kappa shape index (κ1) is 18.7. The molecular formula is C17H26N2O4S. The number of alkyl carbamates (subject to hydrolysis) is 1. The van der Waals surface area contributed by atoms with Gasteiger partial charge in [-0.3, -0.25) is 0 Å². The molecular weight excluding hydrogens is 328 g/mol. The van der Waals surface area contributed by atoms with E-state index in [4.69, 9.17) is 10.5 Å². The SMILES string of the molecule is Cc1ccc([C@@H]2[C@H](S(C)(=O)=O)[C@@]2(CN)NC(=O)OC(C)(C)C)cc1. The zero-order valence-corrected chi connectivity index (χ0v) is 15.6. The summed E-state index contributed by atoms with van der Waals surface area (Å²) in [5, 5.41) is 1.97. The van der Waals surface area contributed by atoms with E-state index in [9.17, 15) is 13.2 Å². The van der Waals surface area contributed by atoms with Gasteiger partial charge in [0.05, 0.1) is 10.8 Å². The Labute approximate surface area is 143 Å². The lowest BCUT2D eigenvalue weighted by molar-refractivity contribution is 0.0497. The molecule has 0 spiro atoms. The summed E-state index contributed by atoms with van der Waals surface area (Å²) in [4.78, 5) is 12.2. The van der Waals surface area contributed by atoms with Gasteiger partial charge in [0.1, 0.15) is 5.60 Å². The van der Waals surface area contributed by atoms with E-state index < -0.39 is 32.3 Å². The Morgan fingerprint density at radius 2 is 1.83 bits per heavy atom. The number of sulfone groups is 1. The number of nitrogens with two attached hydrogens (primary N) is 1. The number of aryl methyl sites for hydroxylation is 1. The van der Waals surface area contributed by atoms with Crippen LogP contribution in [0.3, 0.4) is 0 Å². The highest BCUT2D eigenvalue weighted by Crippen LogP contribution is 2.55. The standard InChI is InChI=1S/C17H26N2O4S/c1-11-6-8-12(9-7-11)13-14(24(5,21)22)17(13,10-18)19-15(20)23-16(2,3)4/h6-9,13-14H,10,18H2,1-5H3,(H,19,20)/t13-,14+,17+/m1/s1. The second-order valence-corrected chi connectivity index (χ2v) is 9.68. The van der Waals surface area contributed by atoms with E-state index in [0.717, 1.165) is 11.1 Å². The van der Waals surface area contributed by atoms with Crippen LogP contribution in [0.2, 0.25) is 0 Å². The number of amides is 1. The lowest BCUT2D eigenvalue weighted by atomic mass is 10.0. The molecule has 0 unspecified atom stereocenters. The zero-order valence-electron chi connectivity index (χ0n) is 14.8. The number of benzene rings is 1. The maximum atomic E-state index is 12.2. The summed E-state index contributed by atoms with van der Waals surface area (Å²) >= 11 is 0. The fourth-order valence-corrected chi connectivity index (χ4v) is 5.10. The number of ether oxygens (including phenoxy) is 1. The summed E-state index contributed by atoms with van der Waals surface area (Å²) in [6.45, 7) is 7.22. The Morgan fingerprint density at radius 3 is 2.25 bits per heavy atom. The molecule has 3 atom stereocenters. The zero-order chi connectivity index (χ0) is 18.3. The highest BCUT2D eigenvalue weighted by Gasteiger charge is 2.70. The van der Waals surface area contributed by atoms with E-state index in [1.54, 1.807) is 20.8 Å². The van der Waals surface area contributed by atoms with Gasteiger partial charge in [-0.1, -0.05) is 29.8 Å². The molecule has 1 amide bonds. The van der Waals surface area contributed by atoms with Crippen LogP contribution in [0, 0.1) is 6.92 Å². The predicted octanol–water partition coefficient (Wildman–Crippen LogP) is 1.73. The normalized spacial score (nSPS) is 26.8. The van der Waals surface area contributed by atoms with Crippen molar-refractivity contribution in [3.05, 3.63) is 35.4 Å². The molecule has 134 valence electrons. The maximum Gasteiger partial charge on any atom is 0.408 e. The summed E-state index contributed by atoms with van der Waals surface area (Å²) < 4.78 is 29.8. The minimum absolute atomic E-state index is 0.0164. The van der Waals surface area contributed by atoms with Crippen LogP contribution in [-0.4, -0.2) is 43.7 Å². The number of hydrogen-bond acceptors (Lipinski definition) is 5. The Bertz CT molecular complexity index is 722. The van der Waals surface area contributed by atoms with Gasteiger partial charge in [0.15, 0.2) is 9.84 Å². The van der Waals surface area contributed by atoms with E-state index >= 15 is 0 Å². The van der Waals surface area contributed by atoms with Crippen LogP contribution in [0.1, 0.15) is 37.8 Å². The summed E-state index contributed by atoms with van der Waals surface area (Å²) in [6, 6.07) is 7.60. The highest BCUT2D eigenvalue weighted by atomic mass is 32.2. The summed E-state index contributed by atoms with van der Waals surface area (Å²) in [7, 11) is -3.40. The Hall–Kier alpha value is -1.60. The molecule has 1 aromatic carbocycles. The molecule has 1 aromatic rings. The van der Waals surface area contributed by atoms with Crippen molar-refractivity contribution in [2.24, 2.45) is 5.73 Å².